The predicted molar refractivity (Wildman–Crippen MR) is 91.9 cm³/mol. The van der Waals surface area contributed by atoms with E-state index in [-0.39, 0.29) is 11.8 Å². The summed E-state index contributed by atoms with van der Waals surface area (Å²) < 4.78 is 0. The van der Waals surface area contributed by atoms with E-state index in [0.717, 1.165) is 5.56 Å². The Balaban J connectivity index is 1.89. The molecule has 0 unspecified atom stereocenters. The van der Waals surface area contributed by atoms with Crippen LogP contribution in [0.2, 0.25) is 5.02 Å². The van der Waals surface area contributed by atoms with E-state index >= 15 is 0 Å². The number of nitrogen functional groups attached to an aromatic ring is 1. The molecule has 0 saturated carbocycles. The highest BCUT2D eigenvalue weighted by Gasteiger charge is 2.38. The van der Waals surface area contributed by atoms with E-state index in [0.29, 0.717) is 27.6 Å². The molecule has 3 rings (SSSR count). The maximum Gasteiger partial charge on any atom is 0.255 e. The molecule has 2 aromatic rings. The molecule has 118 valence electrons. The first kappa shape index (κ1) is 15.4. The van der Waals surface area contributed by atoms with Crippen molar-refractivity contribution in [3.63, 3.8) is 0 Å². The molecule has 0 fully saturated rings. The number of rotatable bonds is 2. The molecule has 0 bridgehead atoms. The van der Waals surface area contributed by atoms with E-state index in [9.17, 15) is 9.59 Å². The molecule has 1 aliphatic rings. The molecule has 2 amide bonds. The summed E-state index contributed by atoms with van der Waals surface area (Å²) in [7, 11) is 0. The molecule has 1 heterocycles. The Kier molecular flexibility index (Phi) is 3.53. The molecular weight excluding hydrogens is 314 g/mol. The van der Waals surface area contributed by atoms with E-state index in [1.54, 1.807) is 36.4 Å². The zero-order valence-corrected chi connectivity index (χ0v) is 13.5. The first-order chi connectivity index (χ1) is 10.8. The van der Waals surface area contributed by atoms with Gasteiger partial charge in [-0.3, -0.25) is 9.59 Å². The van der Waals surface area contributed by atoms with Gasteiger partial charge in [-0.1, -0.05) is 17.7 Å². The largest absolute Gasteiger partial charge is 0.397 e. The number of nitrogens with two attached hydrogens (primary N) is 1. The van der Waals surface area contributed by atoms with E-state index in [1.165, 1.54) is 0 Å². The molecule has 0 atom stereocenters. The van der Waals surface area contributed by atoms with Crippen molar-refractivity contribution in [3.8, 4) is 0 Å². The van der Waals surface area contributed by atoms with Crippen molar-refractivity contribution in [1.82, 2.24) is 0 Å². The minimum absolute atomic E-state index is 0.0795. The van der Waals surface area contributed by atoms with Crippen molar-refractivity contribution in [2.75, 3.05) is 16.4 Å². The van der Waals surface area contributed by atoms with Gasteiger partial charge in [0.15, 0.2) is 0 Å². The minimum Gasteiger partial charge on any atom is -0.397 e. The lowest BCUT2D eigenvalue weighted by molar-refractivity contribution is -0.119. The number of halogens is 1. The Morgan fingerprint density at radius 2 is 1.96 bits per heavy atom. The highest BCUT2D eigenvalue weighted by molar-refractivity contribution is 6.31. The summed E-state index contributed by atoms with van der Waals surface area (Å²) in [5, 5.41) is 6.02. The van der Waals surface area contributed by atoms with Gasteiger partial charge in [0.1, 0.15) is 0 Å². The second-order valence-corrected chi connectivity index (χ2v) is 6.46. The molecule has 1 aliphatic heterocycles. The lowest BCUT2D eigenvalue weighted by Crippen LogP contribution is -2.26. The van der Waals surface area contributed by atoms with Crippen LogP contribution in [0, 0.1) is 0 Å². The third-order valence-corrected chi connectivity index (χ3v) is 4.27. The average molecular weight is 330 g/mol. The number of carbonyl (C=O) groups excluding carboxylic acids is 2. The number of carbonyl (C=O) groups is 2. The van der Waals surface area contributed by atoms with Crippen molar-refractivity contribution < 1.29 is 9.59 Å². The number of hydrogen-bond acceptors (Lipinski definition) is 3. The molecule has 0 aromatic heterocycles. The van der Waals surface area contributed by atoms with Crippen LogP contribution in [0.15, 0.2) is 36.4 Å². The second kappa shape index (κ2) is 5.28. The average Bonchev–Trinajstić information content (AvgIpc) is 2.72. The summed E-state index contributed by atoms with van der Waals surface area (Å²) >= 11 is 5.92. The summed E-state index contributed by atoms with van der Waals surface area (Å²) in [4.78, 5) is 24.4. The third-order valence-electron chi connectivity index (χ3n) is 4.03. The van der Waals surface area contributed by atoms with Gasteiger partial charge in [-0.25, -0.2) is 0 Å². The quantitative estimate of drug-likeness (QED) is 0.738. The monoisotopic (exact) mass is 329 g/mol. The van der Waals surface area contributed by atoms with E-state index in [4.69, 9.17) is 17.3 Å². The first-order valence-corrected chi connectivity index (χ1v) is 7.49. The third kappa shape index (κ3) is 2.64. The molecule has 0 aliphatic carbocycles. The number of hydrogen-bond donors (Lipinski definition) is 3. The highest BCUT2D eigenvalue weighted by Crippen LogP contribution is 2.37. The van der Waals surface area contributed by atoms with Crippen LogP contribution >= 0.6 is 11.6 Å². The van der Waals surface area contributed by atoms with Crippen molar-refractivity contribution in [2.24, 2.45) is 0 Å². The van der Waals surface area contributed by atoms with Crippen LogP contribution in [0.1, 0.15) is 29.8 Å². The van der Waals surface area contributed by atoms with E-state index in [2.05, 4.69) is 10.6 Å². The Hall–Kier alpha value is -2.53. The lowest BCUT2D eigenvalue weighted by atomic mass is 9.86. The Labute approximate surface area is 138 Å². The molecule has 4 N–H and O–H groups in total. The Bertz CT molecular complexity index is 831. The molecule has 0 spiro atoms. The number of fused-ring (bicyclic) bond motifs is 1. The summed E-state index contributed by atoms with van der Waals surface area (Å²) in [6.45, 7) is 3.70. The zero-order valence-electron chi connectivity index (χ0n) is 12.7. The Morgan fingerprint density at radius 1 is 1.22 bits per heavy atom. The van der Waals surface area contributed by atoms with Gasteiger partial charge >= 0.3 is 0 Å². The number of benzene rings is 2. The van der Waals surface area contributed by atoms with Gasteiger partial charge in [-0.15, -0.1) is 0 Å². The second-order valence-electron chi connectivity index (χ2n) is 6.03. The molecule has 5 nitrogen and oxygen atoms in total. The number of anilines is 3. The zero-order chi connectivity index (χ0) is 16.8. The smallest absolute Gasteiger partial charge is 0.255 e. The van der Waals surface area contributed by atoms with Crippen molar-refractivity contribution >= 4 is 40.5 Å². The minimum atomic E-state index is -0.596. The number of nitrogens with one attached hydrogen (secondary N) is 2. The van der Waals surface area contributed by atoms with E-state index in [1.807, 2.05) is 13.8 Å². The van der Waals surface area contributed by atoms with Gasteiger partial charge in [-0.2, -0.15) is 0 Å². The first-order valence-electron chi connectivity index (χ1n) is 7.11. The maximum absolute atomic E-state index is 12.4. The van der Waals surface area contributed by atoms with Crippen LogP contribution in [0.3, 0.4) is 0 Å². The van der Waals surface area contributed by atoms with Gasteiger partial charge in [-0.05, 0) is 49.7 Å². The molecule has 0 radical (unpaired) electrons. The van der Waals surface area contributed by atoms with Crippen molar-refractivity contribution in [3.05, 3.63) is 52.5 Å². The van der Waals surface area contributed by atoms with Gasteiger partial charge in [0, 0.05) is 16.3 Å². The Morgan fingerprint density at radius 3 is 2.70 bits per heavy atom. The van der Waals surface area contributed by atoms with Gasteiger partial charge in [0.2, 0.25) is 5.91 Å². The predicted octanol–water partition coefficient (Wildman–Crippen LogP) is 3.40. The standard InChI is InChI=1S/C17H16ClN3O2/c1-17(2)11-5-3-9(7-13(11)21-16(17)23)15(22)20-14-8-10(18)4-6-12(14)19/h3-8H,19H2,1-2H3,(H,20,22)(H,21,23). The van der Waals surface area contributed by atoms with Crippen LogP contribution in [0.5, 0.6) is 0 Å². The normalized spacial score (nSPS) is 15.0. The summed E-state index contributed by atoms with van der Waals surface area (Å²) in [6.07, 6.45) is 0. The van der Waals surface area contributed by atoms with Crippen molar-refractivity contribution in [1.29, 1.82) is 0 Å². The van der Waals surface area contributed by atoms with Gasteiger partial charge in [0.25, 0.3) is 5.91 Å². The van der Waals surface area contributed by atoms with Crippen molar-refractivity contribution in [2.45, 2.75) is 19.3 Å². The van der Waals surface area contributed by atoms with Gasteiger partial charge in [0.05, 0.1) is 16.8 Å². The molecular formula is C17H16ClN3O2. The molecule has 6 heteroatoms. The SMILES string of the molecule is CC1(C)C(=O)Nc2cc(C(=O)Nc3cc(Cl)ccc3N)ccc21. The number of amides is 2. The van der Waals surface area contributed by atoms with Crippen LogP contribution < -0.4 is 16.4 Å². The van der Waals surface area contributed by atoms with Crippen LogP contribution in [0.25, 0.3) is 0 Å². The topological polar surface area (TPSA) is 84.2 Å². The van der Waals surface area contributed by atoms with E-state index < -0.39 is 5.41 Å². The van der Waals surface area contributed by atoms with Crippen LogP contribution in [-0.4, -0.2) is 11.8 Å². The maximum atomic E-state index is 12.4. The molecule has 2 aromatic carbocycles. The summed E-state index contributed by atoms with van der Waals surface area (Å²) in [6, 6.07) is 10.0. The lowest BCUT2D eigenvalue weighted by Gasteiger charge is -2.15. The molecule has 0 saturated heterocycles. The molecule has 23 heavy (non-hydrogen) atoms. The summed E-state index contributed by atoms with van der Waals surface area (Å²) in [5.41, 5.74) is 8.08. The fourth-order valence-electron chi connectivity index (χ4n) is 2.57. The highest BCUT2D eigenvalue weighted by atomic mass is 35.5. The van der Waals surface area contributed by atoms with Crippen LogP contribution in [-0.2, 0) is 10.2 Å². The van der Waals surface area contributed by atoms with Gasteiger partial charge < -0.3 is 16.4 Å². The summed E-state index contributed by atoms with van der Waals surface area (Å²) in [5.74, 6) is -0.398. The fourth-order valence-corrected chi connectivity index (χ4v) is 2.74. The van der Waals surface area contributed by atoms with Crippen LogP contribution in [0.4, 0.5) is 17.1 Å². The fraction of sp³-hybridized carbons (Fsp3) is 0.176.